The van der Waals surface area contributed by atoms with E-state index in [1.54, 1.807) is 0 Å². The second kappa shape index (κ2) is 9.98. The average molecular weight is 487 g/mol. The molecule has 1 aliphatic heterocycles. The molecule has 2 heterocycles. The van der Waals surface area contributed by atoms with Gasteiger partial charge in [0.2, 0.25) is 5.91 Å². The maximum absolute atomic E-state index is 13.8. The van der Waals surface area contributed by atoms with E-state index in [1.807, 2.05) is 47.4 Å². The zero-order valence-electron chi connectivity index (χ0n) is 21.0. The second-order valence-corrected chi connectivity index (χ2v) is 9.79. The lowest BCUT2D eigenvalue weighted by Crippen LogP contribution is -2.36. The quantitative estimate of drug-likeness (QED) is 0.257. The van der Waals surface area contributed by atoms with Crippen LogP contribution in [0.1, 0.15) is 34.6 Å². The number of carbonyl (C=O) groups is 1. The van der Waals surface area contributed by atoms with Crippen LogP contribution in [-0.4, -0.2) is 21.9 Å². The van der Waals surface area contributed by atoms with Crippen LogP contribution >= 0.6 is 0 Å². The lowest BCUT2D eigenvalue weighted by Gasteiger charge is -2.30. The molecule has 184 valence electrons. The van der Waals surface area contributed by atoms with Crippen molar-refractivity contribution in [3.63, 3.8) is 0 Å². The van der Waals surface area contributed by atoms with E-state index in [0.29, 0.717) is 13.0 Å². The first-order chi connectivity index (χ1) is 18.2. The Morgan fingerprint density at radius 2 is 1.57 bits per heavy atom. The summed E-state index contributed by atoms with van der Waals surface area (Å²) >= 11 is 0. The minimum absolute atomic E-state index is 0.0879. The van der Waals surface area contributed by atoms with Crippen molar-refractivity contribution in [2.75, 3.05) is 6.54 Å². The van der Waals surface area contributed by atoms with Gasteiger partial charge in [-0.05, 0) is 59.0 Å². The number of aromatic nitrogens is 1. The third-order valence-corrected chi connectivity index (χ3v) is 7.40. The Hall–Kier alpha value is -4.31. The van der Waals surface area contributed by atoms with Gasteiger partial charge in [-0.2, -0.15) is 0 Å². The predicted molar refractivity (Wildman–Crippen MR) is 148 cm³/mol. The monoisotopic (exact) mass is 486 g/mol. The molecule has 1 aromatic heterocycles. The molecule has 1 amide bonds. The summed E-state index contributed by atoms with van der Waals surface area (Å²) in [4.78, 5) is 15.8. The van der Waals surface area contributed by atoms with Crippen molar-refractivity contribution < 1.29 is 9.53 Å². The van der Waals surface area contributed by atoms with Gasteiger partial charge in [0.1, 0.15) is 11.5 Å². The van der Waals surface area contributed by atoms with Gasteiger partial charge in [0.15, 0.2) is 0 Å². The highest BCUT2D eigenvalue weighted by atomic mass is 16.5. The van der Waals surface area contributed by atoms with Crippen LogP contribution in [0.25, 0.3) is 10.9 Å². The Kier molecular flexibility index (Phi) is 6.23. The first-order valence-electron chi connectivity index (χ1n) is 12.9. The molecule has 4 nitrogen and oxygen atoms in total. The number of para-hydroxylation sites is 2. The van der Waals surface area contributed by atoms with Gasteiger partial charge >= 0.3 is 0 Å². The molecule has 4 aromatic carbocycles. The number of carbonyl (C=O) groups excluding carboxylic acids is 1. The largest absolute Gasteiger partial charge is 0.457 e. The SMILES string of the molecule is Cn1cc(C(CC(=O)N2CCc3ccccc3C2)c2cccc(Oc3ccccc3)c2)c2ccccc21. The maximum atomic E-state index is 13.8. The fourth-order valence-corrected chi connectivity index (χ4v) is 5.49. The van der Waals surface area contributed by atoms with Crippen LogP contribution in [0, 0.1) is 0 Å². The molecule has 0 bridgehead atoms. The van der Waals surface area contributed by atoms with Crippen LogP contribution in [0.2, 0.25) is 0 Å². The summed E-state index contributed by atoms with van der Waals surface area (Å²) in [7, 11) is 2.07. The zero-order chi connectivity index (χ0) is 25.2. The standard InChI is InChI=1S/C33H30N2O2/c1-34-23-31(29-16-7-8-17-32(29)34)30(21-33(36)35-19-18-24-10-5-6-11-26(24)22-35)25-12-9-15-28(20-25)37-27-13-3-2-4-14-27/h2-17,20,23,30H,18-19,21-22H2,1H3. The summed E-state index contributed by atoms with van der Waals surface area (Å²) in [6.07, 6.45) is 3.49. The first-order valence-corrected chi connectivity index (χ1v) is 12.9. The van der Waals surface area contributed by atoms with E-state index in [4.69, 9.17) is 4.74 Å². The van der Waals surface area contributed by atoms with Crippen molar-refractivity contribution in [3.05, 3.63) is 132 Å². The number of hydrogen-bond acceptors (Lipinski definition) is 2. The van der Waals surface area contributed by atoms with Crippen LogP contribution in [0.3, 0.4) is 0 Å². The molecule has 0 spiro atoms. The van der Waals surface area contributed by atoms with E-state index in [0.717, 1.165) is 30.0 Å². The van der Waals surface area contributed by atoms with Gasteiger partial charge in [-0.1, -0.05) is 72.8 Å². The summed E-state index contributed by atoms with van der Waals surface area (Å²) in [5.74, 6) is 1.66. The number of amides is 1. The Morgan fingerprint density at radius 1 is 0.838 bits per heavy atom. The molecule has 1 aliphatic rings. The highest BCUT2D eigenvalue weighted by Gasteiger charge is 2.27. The van der Waals surface area contributed by atoms with Gasteiger partial charge in [0.25, 0.3) is 0 Å². The molecular weight excluding hydrogens is 456 g/mol. The van der Waals surface area contributed by atoms with Crippen LogP contribution < -0.4 is 4.74 Å². The van der Waals surface area contributed by atoms with Crippen molar-refractivity contribution in [2.45, 2.75) is 25.3 Å². The molecule has 5 aromatic rings. The van der Waals surface area contributed by atoms with Gasteiger partial charge < -0.3 is 14.2 Å². The molecule has 1 atom stereocenters. The number of ether oxygens (including phenoxy) is 1. The van der Waals surface area contributed by atoms with Crippen molar-refractivity contribution in [2.24, 2.45) is 7.05 Å². The normalized spacial score (nSPS) is 13.8. The molecule has 6 rings (SSSR count). The molecule has 0 saturated carbocycles. The fraction of sp³-hybridized carbons (Fsp3) is 0.182. The van der Waals surface area contributed by atoms with Gasteiger partial charge in [-0.3, -0.25) is 4.79 Å². The topological polar surface area (TPSA) is 34.5 Å². The molecule has 0 fully saturated rings. The van der Waals surface area contributed by atoms with Gasteiger partial charge in [-0.15, -0.1) is 0 Å². The number of fused-ring (bicyclic) bond motifs is 2. The number of hydrogen-bond donors (Lipinski definition) is 0. The number of nitrogens with zero attached hydrogens (tertiary/aromatic N) is 2. The maximum Gasteiger partial charge on any atom is 0.223 e. The van der Waals surface area contributed by atoms with Crippen LogP contribution in [0.15, 0.2) is 109 Å². The summed E-state index contributed by atoms with van der Waals surface area (Å²) in [6, 6.07) is 34.9. The van der Waals surface area contributed by atoms with E-state index in [1.165, 1.54) is 27.6 Å². The van der Waals surface area contributed by atoms with Crippen molar-refractivity contribution >= 4 is 16.8 Å². The highest BCUT2D eigenvalue weighted by Crippen LogP contribution is 2.37. The lowest BCUT2D eigenvalue weighted by molar-refractivity contribution is -0.132. The third-order valence-electron chi connectivity index (χ3n) is 7.40. The van der Waals surface area contributed by atoms with E-state index in [2.05, 4.69) is 78.5 Å². The second-order valence-electron chi connectivity index (χ2n) is 9.79. The van der Waals surface area contributed by atoms with Crippen LogP contribution in [0.4, 0.5) is 0 Å². The predicted octanol–water partition coefficient (Wildman–Crippen LogP) is 7.08. The van der Waals surface area contributed by atoms with E-state index >= 15 is 0 Å². The molecule has 0 radical (unpaired) electrons. The molecule has 1 unspecified atom stereocenters. The zero-order valence-corrected chi connectivity index (χ0v) is 21.0. The molecule has 37 heavy (non-hydrogen) atoms. The fourth-order valence-electron chi connectivity index (χ4n) is 5.49. The molecule has 4 heteroatoms. The van der Waals surface area contributed by atoms with Gasteiger partial charge in [-0.25, -0.2) is 0 Å². The molecule has 0 aliphatic carbocycles. The summed E-state index contributed by atoms with van der Waals surface area (Å²) < 4.78 is 8.31. The Balaban J connectivity index is 1.35. The van der Waals surface area contributed by atoms with Crippen molar-refractivity contribution in [3.8, 4) is 11.5 Å². The Morgan fingerprint density at radius 3 is 2.43 bits per heavy atom. The minimum Gasteiger partial charge on any atom is -0.457 e. The summed E-state index contributed by atoms with van der Waals surface area (Å²) in [5, 5.41) is 1.18. The summed E-state index contributed by atoms with van der Waals surface area (Å²) in [5.41, 5.74) is 6.01. The minimum atomic E-state index is -0.0879. The van der Waals surface area contributed by atoms with Crippen molar-refractivity contribution in [1.29, 1.82) is 0 Å². The number of rotatable bonds is 6. The van der Waals surface area contributed by atoms with Crippen LogP contribution in [-0.2, 0) is 24.8 Å². The average Bonchev–Trinajstić information content (AvgIpc) is 3.28. The molecular formula is C33H30N2O2. The Bertz CT molecular complexity index is 1550. The lowest BCUT2D eigenvalue weighted by atomic mass is 9.87. The third kappa shape index (κ3) is 4.75. The van der Waals surface area contributed by atoms with E-state index in [-0.39, 0.29) is 11.8 Å². The number of aryl methyl sites for hydroxylation is 1. The van der Waals surface area contributed by atoms with Crippen LogP contribution in [0.5, 0.6) is 11.5 Å². The van der Waals surface area contributed by atoms with Crippen molar-refractivity contribution in [1.82, 2.24) is 9.47 Å². The first kappa shape index (κ1) is 23.1. The molecule has 0 saturated heterocycles. The smallest absolute Gasteiger partial charge is 0.223 e. The number of benzene rings is 4. The highest BCUT2D eigenvalue weighted by molar-refractivity contribution is 5.86. The Labute approximate surface area is 217 Å². The summed E-state index contributed by atoms with van der Waals surface area (Å²) in [6.45, 7) is 1.43. The molecule has 0 N–H and O–H groups in total. The van der Waals surface area contributed by atoms with E-state index < -0.39 is 0 Å². The van der Waals surface area contributed by atoms with Gasteiger partial charge in [0, 0.05) is 49.6 Å². The van der Waals surface area contributed by atoms with E-state index in [9.17, 15) is 4.79 Å². The van der Waals surface area contributed by atoms with Gasteiger partial charge in [0.05, 0.1) is 0 Å².